The van der Waals surface area contributed by atoms with E-state index in [2.05, 4.69) is 25.4 Å². The van der Waals surface area contributed by atoms with Gasteiger partial charge in [0.25, 0.3) is 0 Å². The molecule has 2 rings (SSSR count). The predicted molar refractivity (Wildman–Crippen MR) is 67.3 cm³/mol. The van der Waals surface area contributed by atoms with E-state index in [-0.39, 0.29) is 0 Å². The van der Waals surface area contributed by atoms with E-state index in [0.717, 1.165) is 12.8 Å². The summed E-state index contributed by atoms with van der Waals surface area (Å²) < 4.78 is 60.8. The Balaban J connectivity index is 2.28. The molecule has 1 heterocycles. The number of hydrogen-bond donors (Lipinski definition) is 1. The summed E-state index contributed by atoms with van der Waals surface area (Å²) in [4.78, 5) is 0. The van der Waals surface area contributed by atoms with E-state index in [9.17, 15) is 17.6 Å². The molecule has 0 aromatic heterocycles. The first kappa shape index (κ1) is 15.4. The maximum atomic E-state index is 13.1. The number of ether oxygens (including phenoxy) is 2. The Morgan fingerprint density at radius 3 is 2.10 bits per heavy atom. The van der Waals surface area contributed by atoms with Crippen molar-refractivity contribution in [2.24, 2.45) is 5.73 Å². The van der Waals surface area contributed by atoms with Gasteiger partial charge in [-0.25, -0.2) is 0 Å². The third-order valence-electron chi connectivity index (χ3n) is 2.83. The molecule has 0 saturated carbocycles. The molecule has 0 unspecified atom stereocenters. The van der Waals surface area contributed by atoms with Crippen molar-refractivity contribution in [3.8, 4) is 11.5 Å². The van der Waals surface area contributed by atoms with Crippen LogP contribution in [0, 0.1) is 0 Å². The van der Waals surface area contributed by atoms with Gasteiger partial charge in [0.2, 0.25) is 0 Å². The Hall–Kier alpha value is -1.02. The molecule has 2 N–H and O–H groups in total. The lowest BCUT2D eigenvalue weighted by atomic mass is 10.1. The molecule has 0 radical (unpaired) electrons. The van der Waals surface area contributed by atoms with E-state index in [4.69, 9.17) is 5.73 Å². The van der Waals surface area contributed by atoms with Gasteiger partial charge in [0.05, 0.1) is 0 Å². The van der Waals surface area contributed by atoms with Gasteiger partial charge in [-0.05, 0) is 43.5 Å². The van der Waals surface area contributed by atoms with Crippen molar-refractivity contribution in [2.45, 2.75) is 31.5 Å². The number of fused-ring (bicyclic) bond motifs is 1. The van der Waals surface area contributed by atoms with Gasteiger partial charge >= 0.3 is 12.2 Å². The van der Waals surface area contributed by atoms with Crippen LogP contribution in [0.5, 0.6) is 11.5 Å². The molecule has 1 aromatic carbocycles. The zero-order valence-electron chi connectivity index (χ0n) is 10.3. The summed E-state index contributed by atoms with van der Waals surface area (Å²) in [5.74, 6) is -0.817. The normalized spacial score (nSPS) is 18.9. The van der Waals surface area contributed by atoms with Crippen molar-refractivity contribution in [2.75, 3.05) is 6.54 Å². The van der Waals surface area contributed by atoms with Gasteiger partial charge in [-0.2, -0.15) is 17.6 Å². The summed E-state index contributed by atoms with van der Waals surface area (Å²) >= 11 is 3.19. The first-order valence-corrected chi connectivity index (χ1v) is 6.72. The smallest absolute Gasteiger partial charge is 0.421 e. The maximum absolute atomic E-state index is 13.1. The van der Waals surface area contributed by atoms with Gasteiger partial charge in [0.15, 0.2) is 11.5 Å². The van der Waals surface area contributed by atoms with E-state index in [0.29, 0.717) is 23.0 Å². The van der Waals surface area contributed by atoms with Crippen molar-refractivity contribution in [3.63, 3.8) is 0 Å². The molecule has 3 nitrogen and oxygen atoms in total. The quantitative estimate of drug-likeness (QED) is 0.660. The highest BCUT2D eigenvalue weighted by Gasteiger charge is 2.66. The molecule has 8 heteroatoms. The molecule has 112 valence electrons. The average molecular weight is 358 g/mol. The van der Waals surface area contributed by atoms with Crippen LogP contribution in [0.2, 0.25) is 0 Å². The molecular weight excluding hydrogens is 346 g/mol. The predicted octanol–water partition coefficient (Wildman–Crippen LogP) is 3.69. The molecule has 0 bridgehead atoms. The molecular formula is C12H12BrF4NO2. The first-order valence-electron chi connectivity index (χ1n) is 5.93. The van der Waals surface area contributed by atoms with E-state index < -0.39 is 23.7 Å². The number of nitrogens with two attached hydrogens (primary N) is 1. The van der Waals surface area contributed by atoms with E-state index >= 15 is 0 Å². The molecule has 0 amide bonds. The van der Waals surface area contributed by atoms with Crippen molar-refractivity contribution in [1.29, 1.82) is 0 Å². The largest absolute Gasteiger partial charge is 0.507 e. The van der Waals surface area contributed by atoms with Gasteiger partial charge in [0.1, 0.15) is 0 Å². The van der Waals surface area contributed by atoms with Crippen LogP contribution in [-0.4, -0.2) is 18.8 Å². The number of hydrogen-bond acceptors (Lipinski definition) is 3. The van der Waals surface area contributed by atoms with Crippen LogP contribution in [0.1, 0.15) is 18.4 Å². The second-order valence-electron chi connectivity index (χ2n) is 4.37. The molecule has 1 aromatic rings. The number of benzene rings is 1. The van der Waals surface area contributed by atoms with Gasteiger partial charge in [-0.3, -0.25) is 0 Å². The molecule has 0 atom stereocenters. The number of aryl methyl sites for hydroxylation is 1. The minimum atomic E-state index is -4.69. The lowest BCUT2D eigenvalue weighted by Crippen LogP contribution is -2.52. The Labute approximate surface area is 121 Å². The lowest BCUT2D eigenvalue weighted by Gasteiger charge is -2.32. The fourth-order valence-electron chi connectivity index (χ4n) is 1.78. The van der Waals surface area contributed by atoms with E-state index in [1.807, 2.05) is 0 Å². The van der Waals surface area contributed by atoms with Crippen LogP contribution in [0.25, 0.3) is 0 Å². The van der Waals surface area contributed by atoms with Crippen LogP contribution in [-0.2, 0) is 6.42 Å². The molecule has 20 heavy (non-hydrogen) atoms. The van der Waals surface area contributed by atoms with Crippen LogP contribution in [0.4, 0.5) is 17.6 Å². The van der Waals surface area contributed by atoms with Crippen LogP contribution >= 0.6 is 15.9 Å². The van der Waals surface area contributed by atoms with Gasteiger partial charge in [-0.1, -0.05) is 15.9 Å². The molecule has 0 fully saturated rings. The molecule has 1 aliphatic rings. The summed E-state index contributed by atoms with van der Waals surface area (Å²) in [6.07, 6.45) is -7.30. The highest BCUT2D eigenvalue weighted by Crippen LogP contribution is 2.48. The minimum absolute atomic E-state index is 0.396. The SMILES string of the molecule is NCCCCc1cc2c(cc1Br)OC(F)(F)C(F)(F)O2. The zero-order chi connectivity index (χ0) is 15.0. The molecule has 1 aliphatic heterocycles. The van der Waals surface area contributed by atoms with Crippen LogP contribution in [0.15, 0.2) is 16.6 Å². The third kappa shape index (κ3) is 2.85. The van der Waals surface area contributed by atoms with Gasteiger partial charge < -0.3 is 15.2 Å². The highest BCUT2D eigenvalue weighted by molar-refractivity contribution is 9.10. The zero-order valence-corrected chi connectivity index (χ0v) is 11.9. The number of unbranched alkanes of at least 4 members (excludes halogenated alkanes) is 1. The summed E-state index contributed by atoms with van der Waals surface area (Å²) in [5.41, 5.74) is 6.04. The van der Waals surface area contributed by atoms with Crippen LogP contribution in [0.3, 0.4) is 0 Å². The molecule has 0 saturated heterocycles. The number of halogens is 5. The summed E-state index contributed by atoms with van der Waals surface area (Å²) in [6, 6.07) is 2.48. The summed E-state index contributed by atoms with van der Waals surface area (Å²) in [5, 5.41) is 0. The maximum Gasteiger partial charge on any atom is 0.507 e. The highest BCUT2D eigenvalue weighted by atomic mass is 79.9. The number of alkyl halides is 4. The third-order valence-corrected chi connectivity index (χ3v) is 3.57. The molecule has 0 aliphatic carbocycles. The Bertz CT molecular complexity index is 510. The fourth-order valence-corrected chi connectivity index (χ4v) is 2.30. The van der Waals surface area contributed by atoms with Gasteiger partial charge in [0, 0.05) is 4.47 Å². The standard InChI is InChI=1S/C12H12BrF4NO2/c13-8-6-10-9(5-7(8)3-1-2-4-18)19-11(14,15)12(16,17)20-10/h5-6H,1-4,18H2. The van der Waals surface area contributed by atoms with Crippen molar-refractivity contribution < 1.29 is 27.0 Å². The lowest BCUT2D eigenvalue weighted by molar-refractivity contribution is -0.391. The van der Waals surface area contributed by atoms with E-state index in [1.54, 1.807) is 0 Å². The Morgan fingerprint density at radius 1 is 1.00 bits per heavy atom. The topological polar surface area (TPSA) is 44.5 Å². The van der Waals surface area contributed by atoms with Crippen molar-refractivity contribution in [1.82, 2.24) is 0 Å². The van der Waals surface area contributed by atoms with Crippen molar-refractivity contribution in [3.05, 3.63) is 22.2 Å². The minimum Gasteiger partial charge on any atom is -0.421 e. The summed E-state index contributed by atoms with van der Waals surface area (Å²) in [6.45, 7) is 0.520. The average Bonchev–Trinajstić information content (AvgIpc) is 2.32. The second-order valence-corrected chi connectivity index (χ2v) is 5.23. The first-order chi connectivity index (χ1) is 9.27. The Kier molecular flexibility index (Phi) is 4.15. The van der Waals surface area contributed by atoms with E-state index in [1.165, 1.54) is 12.1 Å². The second kappa shape index (κ2) is 5.40. The fraction of sp³-hybridized carbons (Fsp3) is 0.500. The van der Waals surface area contributed by atoms with Crippen LogP contribution < -0.4 is 15.2 Å². The monoisotopic (exact) mass is 357 g/mol. The number of rotatable bonds is 4. The van der Waals surface area contributed by atoms with Crippen molar-refractivity contribution >= 4 is 15.9 Å². The molecule has 0 spiro atoms. The summed E-state index contributed by atoms with van der Waals surface area (Å²) in [7, 11) is 0. The Morgan fingerprint density at radius 2 is 1.55 bits per heavy atom. The van der Waals surface area contributed by atoms with Gasteiger partial charge in [-0.15, -0.1) is 0 Å².